The average molecular weight is 473 g/mol. The van der Waals surface area contributed by atoms with Crippen molar-refractivity contribution in [2.75, 3.05) is 31.6 Å². The Morgan fingerprint density at radius 1 is 1.06 bits per heavy atom. The quantitative estimate of drug-likeness (QED) is 0.541. The summed E-state index contributed by atoms with van der Waals surface area (Å²) in [4.78, 5) is 2.09. The summed E-state index contributed by atoms with van der Waals surface area (Å²) in [6.45, 7) is 2.09. The zero-order valence-electron chi connectivity index (χ0n) is 17.3. The summed E-state index contributed by atoms with van der Waals surface area (Å²) in [5.74, 6) is 0.315. The van der Waals surface area contributed by atoms with Gasteiger partial charge in [-0.3, -0.25) is 9.30 Å². The molecule has 3 heterocycles. The van der Waals surface area contributed by atoms with Crippen molar-refractivity contribution in [3.8, 4) is 11.3 Å². The average Bonchev–Trinajstić information content (AvgIpc) is 3.23. The minimum atomic E-state index is -5.02. The number of β-amino-alcohol motifs (C(OH)–C–C–N with tert-alkyl or cyclic N) is 1. The molecule has 6 nitrogen and oxygen atoms in total. The number of nitrogens with zero attached hydrogens (tertiary/aromatic N) is 4. The van der Waals surface area contributed by atoms with Crippen molar-refractivity contribution in [2.45, 2.75) is 31.2 Å². The molecule has 0 bridgehead atoms. The minimum absolute atomic E-state index is 0.00662. The van der Waals surface area contributed by atoms with Crippen molar-refractivity contribution >= 4 is 11.5 Å². The lowest BCUT2D eigenvalue weighted by atomic mass is 10.00. The molecule has 0 amide bonds. The Morgan fingerprint density at radius 2 is 1.85 bits per heavy atom. The number of anilines is 1. The van der Waals surface area contributed by atoms with E-state index in [0.29, 0.717) is 25.1 Å². The molecule has 12 heteroatoms. The normalized spacial score (nSPS) is 18.1. The van der Waals surface area contributed by atoms with Gasteiger partial charge < -0.3 is 10.4 Å². The zero-order valence-corrected chi connectivity index (χ0v) is 17.3. The van der Waals surface area contributed by atoms with E-state index in [1.54, 1.807) is 12.3 Å². The van der Waals surface area contributed by atoms with Crippen LogP contribution in [0, 0.1) is 0 Å². The number of rotatable bonds is 5. The van der Waals surface area contributed by atoms with Crippen LogP contribution in [0.1, 0.15) is 24.0 Å². The van der Waals surface area contributed by atoms with E-state index in [1.807, 2.05) is 0 Å². The molecule has 2 aromatic heterocycles. The van der Waals surface area contributed by atoms with Crippen molar-refractivity contribution in [1.82, 2.24) is 19.5 Å². The van der Waals surface area contributed by atoms with E-state index in [9.17, 15) is 26.3 Å². The number of nitrogens with one attached hydrogen (secondary N) is 1. The molecule has 4 rings (SSSR count). The number of aliphatic hydroxyl groups is 1. The van der Waals surface area contributed by atoms with Crippen molar-refractivity contribution in [2.24, 2.45) is 0 Å². The Hall–Kier alpha value is -2.86. The summed E-state index contributed by atoms with van der Waals surface area (Å²) >= 11 is 0. The molecular formula is C21H21F6N5O. The highest BCUT2D eigenvalue weighted by Gasteiger charge is 2.39. The third-order valence-electron chi connectivity index (χ3n) is 5.63. The number of hydrogen-bond donors (Lipinski definition) is 2. The second-order valence-electron chi connectivity index (χ2n) is 7.90. The van der Waals surface area contributed by atoms with Crippen LogP contribution in [0.5, 0.6) is 0 Å². The molecule has 3 aromatic rings. The van der Waals surface area contributed by atoms with Crippen LogP contribution in [0.15, 0.2) is 36.5 Å². The number of hydrogen-bond acceptors (Lipinski definition) is 5. The van der Waals surface area contributed by atoms with Crippen LogP contribution < -0.4 is 5.32 Å². The highest BCUT2D eigenvalue weighted by atomic mass is 19.4. The van der Waals surface area contributed by atoms with Gasteiger partial charge in [0, 0.05) is 30.9 Å². The van der Waals surface area contributed by atoms with Crippen LogP contribution in [-0.2, 0) is 12.4 Å². The van der Waals surface area contributed by atoms with Gasteiger partial charge in [-0.2, -0.15) is 26.3 Å². The molecule has 2 N–H and O–H groups in total. The minimum Gasteiger partial charge on any atom is -0.395 e. The lowest BCUT2D eigenvalue weighted by Crippen LogP contribution is -2.43. The maximum absolute atomic E-state index is 13.7. The van der Waals surface area contributed by atoms with E-state index >= 15 is 0 Å². The Morgan fingerprint density at radius 3 is 2.55 bits per heavy atom. The Balaban J connectivity index is 1.72. The molecule has 0 unspecified atom stereocenters. The van der Waals surface area contributed by atoms with E-state index in [0.717, 1.165) is 25.5 Å². The molecule has 0 radical (unpaired) electrons. The first-order valence-electron chi connectivity index (χ1n) is 10.3. The van der Waals surface area contributed by atoms with Gasteiger partial charge >= 0.3 is 12.4 Å². The molecule has 0 spiro atoms. The SMILES string of the molecule is OCCN1CCC[C@@H](Nc2nnc(-c3ccc(C(F)(F)F)cc3C(F)(F)F)c3cccn23)C1. The first-order valence-corrected chi connectivity index (χ1v) is 10.3. The molecule has 178 valence electrons. The highest BCUT2D eigenvalue weighted by Crippen LogP contribution is 2.41. The fourth-order valence-corrected chi connectivity index (χ4v) is 4.11. The summed E-state index contributed by atoms with van der Waals surface area (Å²) in [6.07, 6.45) is -6.59. The van der Waals surface area contributed by atoms with Gasteiger partial charge in [-0.05, 0) is 43.7 Å². The summed E-state index contributed by atoms with van der Waals surface area (Å²) in [5, 5.41) is 20.4. The number of piperidine rings is 1. The molecule has 1 atom stereocenters. The predicted octanol–water partition coefficient (Wildman–Crippen LogP) is 4.30. The molecule has 0 saturated carbocycles. The smallest absolute Gasteiger partial charge is 0.395 e. The number of likely N-dealkylation sites (tertiary alicyclic amines) is 1. The van der Waals surface area contributed by atoms with Crippen LogP contribution in [0.4, 0.5) is 32.3 Å². The van der Waals surface area contributed by atoms with E-state index in [4.69, 9.17) is 5.11 Å². The number of aromatic nitrogens is 3. The highest BCUT2D eigenvalue weighted by molar-refractivity contribution is 5.80. The van der Waals surface area contributed by atoms with Gasteiger partial charge in [-0.25, -0.2) is 0 Å². The Bertz CT molecular complexity index is 1120. The summed E-state index contributed by atoms with van der Waals surface area (Å²) in [5.41, 5.74) is -3.19. The summed E-state index contributed by atoms with van der Waals surface area (Å²) in [6, 6.07) is 4.61. The van der Waals surface area contributed by atoms with Gasteiger partial charge in [0.2, 0.25) is 5.95 Å². The fourth-order valence-electron chi connectivity index (χ4n) is 4.11. The molecule has 1 saturated heterocycles. The first-order chi connectivity index (χ1) is 15.6. The summed E-state index contributed by atoms with van der Waals surface area (Å²) in [7, 11) is 0. The zero-order chi connectivity index (χ0) is 23.8. The van der Waals surface area contributed by atoms with Gasteiger partial charge in [0.1, 0.15) is 5.69 Å². The molecule has 1 fully saturated rings. The molecule has 1 aliphatic heterocycles. The molecule has 1 aliphatic rings. The maximum Gasteiger partial charge on any atom is 0.417 e. The monoisotopic (exact) mass is 473 g/mol. The third kappa shape index (κ3) is 4.91. The molecule has 0 aliphatic carbocycles. The van der Waals surface area contributed by atoms with E-state index < -0.39 is 29.0 Å². The lowest BCUT2D eigenvalue weighted by Gasteiger charge is -2.32. The second kappa shape index (κ2) is 8.82. The number of alkyl halides is 6. The van der Waals surface area contributed by atoms with Crippen molar-refractivity contribution in [3.63, 3.8) is 0 Å². The summed E-state index contributed by atoms with van der Waals surface area (Å²) < 4.78 is 81.6. The van der Waals surface area contributed by atoms with Gasteiger partial charge in [-0.15, -0.1) is 10.2 Å². The predicted molar refractivity (Wildman–Crippen MR) is 109 cm³/mol. The van der Waals surface area contributed by atoms with Crippen LogP contribution in [0.3, 0.4) is 0 Å². The molecule has 33 heavy (non-hydrogen) atoms. The standard InChI is InChI=1S/C21H21F6N5O/c22-20(23,24)13-5-6-15(16(11-13)21(25,26)27)18-17-4-2-8-32(17)19(30-29-18)28-14-3-1-7-31(12-14)9-10-33/h2,4-6,8,11,14,33H,1,3,7,9-10,12H2,(H,28,30)/t14-/m1/s1. The molecule has 1 aromatic carbocycles. The molecular weight excluding hydrogens is 452 g/mol. The van der Waals surface area contributed by atoms with Gasteiger partial charge in [0.05, 0.1) is 23.3 Å². The first kappa shape index (κ1) is 23.3. The largest absolute Gasteiger partial charge is 0.417 e. The van der Waals surface area contributed by atoms with Crippen molar-refractivity contribution in [3.05, 3.63) is 47.7 Å². The Kier molecular flexibility index (Phi) is 6.23. The number of benzene rings is 1. The van der Waals surface area contributed by atoms with Gasteiger partial charge in [-0.1, -0.05) is 6.07 Å². The Labute approximate surface area is 184 Å². The van der Waals surface area contributed by atoms with Crippen LogP contribution in [-0.4, -0.2) is 56.9 Å². The van der Waals surface area contributed by atoms with Gasteiger partial charge in [0.15, 0.2) is 0 Å². The number of halogens is 6. The second-order valence-corrected chi connectivity index (χ2v) is 7.90. The topological polar surface area (TPSA) is 65.7 Å². The van der Waals surface area contributed by atoms with E-state index in [-0.39, 0.29) is 29.9 Å². The van der Waals surface area contributed by atoms with Crippen LogP contribution in [0.25, 0.3) is 16.8 Å². The van der Waals surface area contributed by atoms with Crippen molar-refractivity contribution < 1.29 is 31.4 Å². The van der Waals surface area contributed by atoms with Crippen LogP contribution in [0.2, 0.25) is 0 Å². The van der Waals surface area contributed by atoms with E-state index in [1.165, 1.54) is 10.5 Å². The lowest BCUT2D eigenvalue weighted by molar-refractivity contribution is -0.142. The third-order valence-corrected chi connectivity index (χ3v) is 5.63. The fraction of sp³-hybridized carbons (Fsp3) is 0.429. The van der Waals surface area contributed by atoms with Gasteiger partial charge in [0.25, 0.3) is 0 Å². The number of fused-ring (bicyclic) bond motifs is 1. The maximum atomic E-state index is 13.7. The number of aliphatic hydroxyl groups excluding tert-OH is 1. The van der Waals surface area contributed by atoms with Crippen molar-refractivity contribution in [1.29, 1.82) is 0 Å². The van der Waals surface area contributed by atoms with Crippen LogP contribution >= 0.6 is 0 Å². The van der Waals surface area contributed by atoms with E-state index in [2.05, 4.69) is 20.4 Å².